The molecule has 1 aliphatic rings. The molecular formula is C27H30FNO4. The number of rotatable bonds is 8. The van der Waals surface area contributed by atoms with Crippen molar-refractivity contribution in [3.8, 4) is 5.75 Å². The van der Waals surface area contributed by atoms with Gasteiger partial charge < -0.3 is 9.64 Å². The van der Waals surface area contributed by atoms with Gasteiger partial charge in [0.05, 0.1) is 12.7 Å². The number of benzene rings is 2. The summed E-state index contributed by atoms with van der Waals surface area (Å²) in [5.41, 5.74) is 3.12. The lowest BCUT2D eigenvalue weighted by Gasteiger charge is -2.32. The minimum absolute atomic E-state index is 0.150. The maximum atomic E-state index is 13.4. The number of piperidine rings is 1. The minimum atomic E-state index is -0.606. The van der Waals surface area contributed by atoms with E-state index in [4.69, 9.17) is 4.74 Å². The molecule has 0 atom stereocenters. The number of methoxy groups -OCH3 is 1. The monoisotopic (exact) mass is 451 g/mol. The molecule has 1 amide bonds. The van der Waals surface area contributed by atoms with E-state index in [0.717, 1.165) is 30.4 Å². The number of aryl methyl sites for hydroxylation is 1. The maximum absolute atomic E-state index is 13.4. The van der Waals surface area contributed by atoms with E-state index >= 15 is 0 Å². The zero-order chi connectivity index (χ0) is 24.0. The summed E-state index contributed by atoms with van der Waals surface area (Å²) in [6, 6.07) is 9.99. The van der Waals surface area contributed by atoms with Crippen LogP contribution in [0.25, 0.3) is 5.57 Å². The number of hydrogen-bond acceptors (Lipinski definition) is 4. The summed E-state index contributed by atoms with van der Waals surface area (Å²) < 4.78 is 18.6. The summed E-state index contributed by atoms with van der Waals surface area (Å²) in [4.78, 5) is 38.6. The molecule has 0 bridgehead atoms. The molecule has 3 rings (SSSR count). The van der Waals surface area contributed by atoms with Crippen molar-refractivity contribution in [2.45, 2.75) is 39.5 Å². The lowest BCUT2D eigenvalue weighted by Crippen LogP contribution is -2.39. The smallest absolute Gasteiger partial charge is 0.257 e. The van der Waals surface area contributed by atoms with E-state index in [0.29, 0.717) is 54.2 Å². The Morgan fingerprint density at radius 1 is 1.12 bits per heavy atom. The fraction of sp³-hybridized carbons (Fsp3) is 0.370. The highest BCUT2D eigenvalue weighted by Gasteiger charge is 2.27. The standard InChI is InChI=1S/C27H30FNO4/c1-4-5-22(25(31)17-30)23-16-24(26(33-3)14-18(23)2)27(32)29-12-10-20(11-13-29)15-19-6-8-21(28)9-7-19/h5-9,14,16-17,20H,4,10-13,15H2,1-3H3/b22-5+. The van der Waals surface area contributed by atoms with Crippen molar-refractivity contribution in [2.75, 3.05) is 20.2 Å². The first-order valence-corrected chi connectivity index (χ1v) is 11.3. The number of Topliss-reactive ketones (excluding diaryl/α,β-unsaturated/α-hetero) is 1. The third-order valence-electron chi connectivity index (χ3n) is 6.19. The van der Waals surface area contributed by atoms with Crippen LogP contribution in [-0.2, 0) is 16.0 Å². The van der Waals surface area contributed by atoms with Crippen LogP contribution in [0.15, 0.2) is 42.5 Å². The van der Waals surface area contributed by atoms with Gasteiger partial charge in [0.2, 0.25) is 5.78 Å². The number of halogens is 1. The van der Waals surface area contributed by atoms with E-state index in [-0.39, 0.29) is 11.7 Å². The second kappa shape index (κ2) is 11.0. The second-order valence-corrected chi connectivity index (χ2v) is 8.44. The lowest BCUT2D eigenvalue weighted by atomic mass is 9.89. The molecule has 1 fully saturated rings. The summed E-state index contributed by atoms with van der Waals surface area (Å²) >= 11 is 0. The van der Waals surface area contributed by atoms with Gasteiger partial charge in [-0.05, 0) is 79.5 Å². The van der Waals surface area contributed by atoms with Gasteiger partial charge in [0.1, 0.15) is 11.6 Å². The summed E-state index contributed by atoms with van der Waals surface area (Å²) in [6.45, 7) is 4.94. The molecule has 1 aliphatic heterocycles. The fourth-order valence-electron chi connectivity index (χ4n) is 4.38. The molecule has 33 heavy (non-hydrogen) atoms. The van der Waals surface area contributed by atoms with Gasteiger partial charge in [0, 0.05) is 18.7 Å². The van der Waals surface area contributed by atoms with Gasteiger partial charge in [-0.2, -0.15) is 0 Å². The van der Waals surface area contributed by atoms with Gasteiger partial charge in [-0.1, -0.05) is 25.1 Å². The van der Waals surface area contributed by atoms with Crippen molar-refractivity contribution in [1.82, 2.24) is 4.90 Å². The molecular weight excluding hydrogens is 421 g/mol. The predicted molar refractivity (Wildman–Crippen MR) is 126 cm³/mol. The number of likely N-dealkylation sites (tertiary alicyclic amines) is 1. The largest absolute Gasteiger partial charge is 0.496 e. The molecule has 0 aromatic heterocycles. The van der Waals surface area contributed by atoms with Crippen LogP contribution >= 0.6 is 0 Å². The lowest BCUT2D eigenvalue weighted by molar-refractivity contribution is -0.126. The molecule has 0 radical (unpaired) electrons. The molecule has 0 aliphatic carbocycles. The molecule has 2 aromatic rings. The van der Waals surface area contributed by atoms with Crippen molar-refractivity contribution >= 4 is 23.5 Å². The molecule has 0 saturated carbocycles. The van der Waals surface area contributed by atoms with E-state index in [1.54, 1.807) is 18.2 Å². The van der Waals surface area contributed by atoms with Crippen molar-refractivity contribution in [1.29, 1.82) is 0 Å². The van der Waals surface area contributed by atoms with Gasteiger partial charge in [-0.15, -0.1) is 0 Å². The molecule has 1 saturated heterocycles. The first-order valence-electron chi connectivity index (χ1n) is 11.3. The van der Waals surface area contributed by atoms with Crippen LogP contribution in [0.3, 0.4) is 0 Å². The Bertz CT molecular complexity index is 1050. The molecule has 174 valence electrons. The topological polar surface area (TPSA) is 63.7 Å². The van der Waals surface area contributed by atoms with Crippen molar-refractivity contribution in [3.05, 3.63) is 70.5 Å². The van der Waals surface area contributed by atoms with Crippen molar-refractivity contribution in [3.63, 3.8) is 0 Å². The first-order chi connectivity index (χ1) is 15.9. The van der Waals surface area contributed by atoms with Gasteiger partial charge in [0.25, 0.3) is 5.91 Å². The van der Waals surface area contributed by atoms with Gasteiger partial charge in [-0.3, -0.25) is 14.4 Å². The van der Waals surface area contributed by atoms with Crippen molar-refractivity contribution in [2.24, 2.45) is 5.92 Å². The number of aldehydes is 1. The third kappa shape index (κ3) is 5.75. The molecule has 0 unspecified atom stereocenters. The van der Waals surface area contributed by atoms with Crippen LogP contribution in [0.2, 0.25) is 0 Å². The van der Waals surface area contributed by atoms with Crippen LogP contribution < -0.4 is 4.74 Å². The van der Waals surface area contributed by atoms with Crippen LogP contribution in [0.1, 0.15) is 53.2 Å². The van der Waals surface area contributed by atoms with Crippen LogP contribution in [0.5, 0.6) is 5.75 Å². The number of hydrogen-bond donors (Lipinski definition) is 0. The summed E-state index contributed by atoms with van der Waals surface area (Å²) in [7, 11) is 1.51. The number of allylic oxidation sites excluding steroid dienone is 2. The molecule has 0 N–H and O–H groups in total. The average molecular weight is 452 g/mol. The normalized spacial score (nSPS) is 14.8. The second-order valence-electron chi connectivity index (χ2n) is 8.44. The third-order valence-corrected chi connectivity index (χ3v) is 6.19. The molecule has 0 spiro atoms. The number of ketones is 1. The Labute approximate surface area is 194 Å². The predicted octanol–water partition coefficient (Wildman–Crippen LogP) is 4.80. The van der Waals surface area contributed by atoms with E-state index in [1.165, 1.54) is 19.2 Å². The highest BCUT2D eigenvalue weighted by molar-refractivity contribution is 6.46. The number of carbonyl (C=O) groups excluding carboxylic acids is 3. The van der Waals surface area contributed by atoms with E-state index in [2.05, 4.69) is 0 Å². The van der Waals surface area contributed by atoms with Gasteiger partial charge >= 0.3 is 0 Å². The SMILES string of the molecule is CC/C=C(/C(=O)C=O)c1cc(C(=O)N2CCC(Cc3ccc(F)cc3)CC2)c(OC)cc1C. The number of ether oxygens (including phenoxy) is 1. The van der Waals surface area contributed by atoms with Crippen LogP contribution in [-0.4, -0.2) is 43.1 Å². The highest BCUT2D eigenvalue weighted by atomic mass is 19.1. The van der Waals surface area contributed by atoms with E-state index < -0.39 is 5.78 Å². The zero-order valence-electron chi connectivity index (χ0n) is 19.4. The average Bonchev–Trinajstić information content (AvgIpc) is 2.83. The Morgan fingerprint density at radius 3 is 2.36 bits per heavy atom. The summed E-state index contributed by atoms with van der Waals surface area (Å²) in [6.07, 6.45) is 5.17. The number of nitrogens with zero attached hydrogens (tertiary/aromatic N) is 1. The molecule has 5 nitrogen and oxygen atoms in total. The summed E-state index contributed by atoms with van der Waals surface area (Å²) in [5.74, 6) is -0.117. The maximum Gasteiger partial charge on any atom is 0.257 e. The van der Waals surface area contributed by atoms with Crippen LogP contribution in [0, 0.1) is 18.7 Å². The minimum Gasteiger partial charge on any atom is -0.496 e. The Kier molecular flexibility index (Phi) is 8.15. The molecule has 6 heteroatoms. The molecule has 1 heterocycles. The first kappa shape index (κ1) is 24.4. The number of carbonyl (C=O) groups is 3. The van der Waals surface area contributed by atoms with E-state index in [9.17, 15) is 18.8 Å². The Balaban J connectivity index is 1.79. The van der Waals surface area contributed by atoms with Gasteiger partial charge in [-0.25, -0.2) is 4.39 Å². The van der Waals surface area contributed by atoms with Crippen LogP contribution in [0.4, 0.5) is 4.39 Å². The number of amides is 1. The Morgan fingerprint density at radius 2 is 1.79 bits per heavy atom. The van der Waals surface area contributed by atoms with Gasteiger partial charge in [0.15, 0.2) is 6.29 Å². The van der Waals surface area contributed by atoms with Crippen molar-refractivity contribution < 1.29 is 23.5 Å². The highest BCUT2D eigenvalue weighted by Crippen LogP contribution is 2.31. The van der Waals surface area contributed by atoms with E-state index in [1.807, 2.05) is 30.9 Å². The summed E-state index contributed by atoms with van der Waals surface area (Å²) in [5, 5.41) is 0. The molecule has 2 aromatic carbocycles. The zero-order valence-corrected chi connectivity index (χ0v) is 19.4. The Hall–Kier alpha value is -3.28. The fourth-order valence-corrected chi connectivity index (χ4v) is 4.38. The quantitative estimate of drug-likeness (QED) is 0.329.